The molecule has 174 valence electrons. The second-order valence-electron chi connectivity index (χ2n) is 10.8. The Morgan fingerprint density at radius 2 is 2.09 bits per heavy atom. The highest BCUT2D eigenvalue weighted by Gasteiger charge is 2.47. The summed E-state index contributed by atoms with van der Waals surface area (Å²) in [6.07, 6.45) is 8.55. The van der Waals surface area contributed by atoms with Gasteiger partial charge in [0.05, 0.1) is 24.2 Å². The minimum absolute atomic E-state index is 0.117. The van der Waals surface area contributed by atoms with E-state index in [1.165, 1.54) is 18.4 Å². The van der Waals surface area contributed by atoms with Crippen LogP contribution in [0.2, 0.25) is 0 Å². The van der Waals surface area contributed by atoms with Gasteiger partial charge in [-0.25, -0.2) is 0 Å². The molecular formula is C26H37N3O3. The van der Waals surface area contributed by atoms with Gasteiger partial charge < -0.3 is 14.7 Å². The third-order valence-corrected chi connectivity index (χ3v) is 8.31. The second-order valence-corrected chi connectivity index (χ2v) is 10.8. The van der Waals surface area contributed by atoms with Gasteiger partial charge in [0, 0.05) is 36.7 Å². The molecule has 1 aliphatic heterocycles. The van der Waals surface area contributed by atoms with E-state index in [2.05, 4.69) is 17.9 Å². The van der Waals surface area contributed by atoms with Gasteiger partial charge in [-0.05, 0) is 75.3 Å². The lowest BCUT2D eigenvalue weighted by Crippen LogP contribution is -2.57. The molecule has 3 aliphatic rings. The summed E-state index contributed by atoms with van der Waals surface area (Å²) in [6, 6.07) is 4.50. The molecule has 2 heterocycles. The maximum Gasteiger partial charge on any atom is 0.232 e. The summed E-state index contributed by atoms with van der Waals surface area (Å²) in [7, 11) is 3.69. The number of methoxy groups -OCH3 is 1. The first-order valence-corrected chi connectivity index (χ1v) is 12.3. The molecule has 3 fully saturated rings. The summed E-state index contributed by atoms with van der Waals surface area (Å²) in [5, 5.41) is 15.8. The van der Waals surface area contributed by atoms with Crippen LogP contribution < -0.4 is 4.74 Å². The lowest BCUT2D eigenvalue weighted by molar-refractivity contribution is -0.146. The smallest absolute Gasteiger partial charge is 0.232 e. The Morgan fingerprint density at radius 3 is 2.78 bits per heavy atom. The number of carbonyl (C=O) groups excluding carboxylic acids is 1. The normalized spacial score (nSPS) is 28.7. The van der Waals surface area contributed by atoms with Gasteiger partial charge in [0.2, 0.25) is 5.91 Å². The minimum atomic E-state index is -0.323. The van der Waals surface area contributed by atoms with Gasteiger partial charge in [-0.3, -0.25) is 9.48 Å². The fraction of sp³-hybridized carbons (Fsp3) is 0.692. The fourth-order valence-electron chi connectivity index (χ4n) is 6.67. The summed E-state index contributed by atoms with van der Waals surface area (Å²) in [5.41, 5.74) is 3.47. The van der Waals surface area contributed by atoms with Crippen molar-refractivity contribution < 1.29 is 14.6 Å². The number of amides is 1. The number of rotatable bonds is 6. The lowest BCUT2D eigenvalue weighted by Gasteiger charge is -2.53. The Balaban J connectivity index is 1.55. The lowest BCUT2D eigenvalue weighted by atomic mass is 9.65. The zero-order valence-electron chi connectivity index (χ0n) is 19.9. The zero-order valence-corrected chi connectivity index (χ0v) is 19.9. The second kappa shape index (κ2) is 8.05. The number of benzene rings is 1. The molecule has 2 saturated carbocycles. The summed E-state index contributed by atoms with van der Waals surface area (Å²) in [4.78, 5) is 16.2. The number of aromatic nitrogens is 2. The molecule has 6 nitrogen and oxygen atoms in total. The van der Waals surface area contributed by atoms with Crippen LogP contribution in [0.5, 0.6) is 5.75 Å². The van der Waals surface area contributed by atoms with Crippen molar-refractivity contribution in [1.82, 2.24) is 14.7 Å². The Kier molecular flexibility index (Phi) is 5.47. The number of hydrogen-bond donors (Lipinski definition) is 1. The number of piperidine rings is 1. The van der Waals surface area contributed by atoms with Crippen LogP contribution in [0.4, 0.5) is 0 Å². The SMILES string of the molecule is COc1ccc2c(c(C(C)C(=O)N3C(CCO)CC4(C)CCCC3C4)nn2C)c1C1CC1. The molecule has 0 radical (unpaired) electrons. The van der Waals surface area contributed by atoms with Crippen molar-refractivity contribution in [3.8, 4) is 5.75 Å². The molecule has 2 aliphatic carbocycles. The van der Waals surface area contributed by atoms with Crippen LogP contribution in [-0.4, -0.2) is 51.5 Å². The molecule has 1 amide bonds. The highest BCUT2D eigenvalue weighted by molar-refractivity contribution is 5.94. The molecule has 4 atom stereocenters. The highest BCUT2D eigenvalue weighted by Crippen LogP contribution is 2.50. The third kappa shape index (κ3) is 3.51. The summed E-state index contributed by atoms with van der Waals surface area (Å²) in [5.74, 6) is 1.25. The average molecular weight is 440 g/mol. The van der Waals surface area contributed by atoms with Crippen LogP contribution >= 0.6 is 0 Å². The minimum Gasteiger partial charge on any atom is -0.496 e. The molecule has 1 aromatic heterocycles. The molecular weight excluding hydrogens is 402 g/mol. The molecule has 5 rings (SSSR count). The quantitative estimate of drug-likeness (QED) is 0.720. The standard InChI is InChI=1S/C26H37N3O3/c1-16(25(31)29-18-6-5-12-26(2,14-18)15-19(29)11-13-30)24-23-20(28(3)27-24)9-10-21(32-4)22(23)17-7-8-17/h9-10,16-19,30H,5-8,11-15H2,1-4H3. The van der Waals surface area contributed by atoms with Crippen LogP contribution in [0.1, 0.15) is 88.3 Å². The van der Waals surface area contributed by atoms with Gasteiger partial charge in [0.25, 0.3) is 0 Å². The van der Waals surface area contributed by atoms with E-state index in [0.29, 0.717) is 17.8 Å². The van der Waals surface area contributed by atoms with Gasteiger partial charge in [-0.2, -0.15) is 5.10 Å². The predicted octanol–water partition coefficient (Wildman–Crippen LogP) is 4.50. The predicted molar refractivity (Wildman–Crippen MR) is 125 cm³/mol. The monoisotopic (exact) mass is 439 g/mol. The van der Waals surface area contributed by atoms with E-state index in [1.807, 2.05) is 24.7 Å². The largest absolute Gasteiger partial charge is 0.496 e. The van der Waals surface area contributed by atoms with Crippen molar-refractivity contribution in [2.75, 3.05) is 13.7 Å². The first-order chi connectivity index (χ1) is 15.4. The molecule has 4 unspecified atom stereocenters. The number of ether oxygens (including phenoxy) is 1. The van der Waals surface area contributed by atoms with Crippen LogP contribution in [0, 0.1) is 5.41 Å². The average Bonchev–Trinajstić information content (AvgIpc) is 3.55. The van der Waals surface area contributed by atoms with E-state index in [-0.39, 0.29) is 30.5 Å². The molecule has 2 bridgehead atoms. The van der Waals surface area contributed by atoms with Crippen molar-refractivity contribution in [3.63, 3.8) is 0 Å². The maximum atomic E-state index is 14.1. The van der Waals surface area contributed by atoms with E-state index >= 15 is 0 Å². The van der Waals surface area contributed by atoms with E-state index in [4.69, 9.17) is 9.84 Å². The maximum absolute atomic E-state index is 14.1. The summed E-state index contributed by atoms with van der Waals surface area (Å²) in [6.45, 7) is 4.52. The van der Waals surface area contributed by atoms with Crippen molar-refractivity contribution in [1.29, 1.82) is 0 Å². The molecule has 1 saturated heterocycles. The van der Waals surface area contributed by atoms with Gasteiger partial charge in [0.1, 0.15) is 5.75 Å². The van der Waals surface area contributed by atoms with Crippen molar-refractivity contribution in [3.05, 3.63) is 23.4 Å². The summed E-state index contributed by atoms with van der Waals surface area (Å²) < 4.78 is 7.64. The Morgan fingerprint density at radius 1 is 1.31 bits per heavy atom. The van der Waals surface area contributed by atoms with Gasteiger partial charge in [-0.15, -0.1) is 0 Å². The number of hydrogen-bond acceptors (Lipinski definition) is 4. The topological polar surface area (TPSA) is 67.6 Å². The van der Waals surface area contributed by atoms with Gasteiger partial charge >= 0.3 is 0 Å². The highest BCUT2D eigenvalue weighted by atomic mass is 16.5. The van der Waals surface area contributed by atoms with Crippen LogP contribution in [0.3, 0.4) is 0 Å². The van der Waals surface area contributed by atoms with Crippen molar-refractivity contribution >= 4 is 16.8 Å². The van der Waals surface area contributed by atoms with E-state index < -0.39 is 0 Å². The number of likely N-dealkylation sites (tertiary alicyclic amines) is 1. The Bertz CT molecular complexity index is 1030. The van der Waals surface area contributed by atoms with E-state index in [0.717, 1.165) is 54.5 Å². The molecule has 1 N–H and O–H groups in total. The number of aliphatic hydroxyl groups is 1. The molecule has 1 aromatic carbocycles. The third-order valence-electron chi connectivity index (χ3n) is 8.31. The van der Waals surface area contributed by atoms with Gasteiger partial charge in [-0.1, -0.05) is 13.3 Å². The number of fused-ring (bicyclic) bond motifs is 3. The van der Waals surface area contributed by atoms with E-state index in [1.54, 1.807) is 7.11 Å². The fourth-order valence-corrected chi connectivity index (χ4v) is 6.67. The number of aliphatic hydroxyl groups excluding tert-OH is 1. The Labute approximate surface area is 190 Å². The molecule has 2 aromatic rings. The number of carbonyl (C=O) groups is 1. The van der Waals surface area contributed by atoms with Crippen molar-refractivity contribution in [2.45, 2.75) is 89.1 Å². The van der Waals surface area contributed by atoms with Crippen LogP contribution in [0.25, 0.3) is 10.9 Å². The number of nitrogens with zero attached hydrogens (tertiary/aromatic N) is 3. The zero-order chi connectivity index (χ0) is 22.6. The summed E-state index contributed by atoms with van der Waals surface area (Å²) >= 11 is 0. The first kappa shape index (κ1) is 21.7. The van der Waals surface area contributed by atoms with Crippen LogP contribution in [0.15, 0.2) is 12.1 Å². The van der Waals surface area contributed by atoms with E-state index in [9.17, 15) is 9.90 Å². The van der Waals surface area contributed by atoms with Crippen LogP contribution in [-0.2, 0) is 11.8 Å². The molecule has 0 spiro atoms. The molecule has 32 heavy (non-hydrogen) atoms. The number of aryl methyl sites for hydroxylation is 1. The first-order valence-electron chi connectivity index (χ1n) is 12.3. The van der Waals surface area contributed by atoms with Gasteiger partial charge in [0.15, 0.2) is 0 Å². The Hall–Kier alpha value is -2.08. The van der Waals surface area contributed by atoms with Crippen molar-refractivity contribution in [2.24, 2.45) is 12.5 Å². The molecule has 6 heteroatoms.